The van der Waals surface area contributed by atoms with E-state index in [-0.39, 0.29) is 11.7 Å². The fraction of sp³-hybridized carbons (Fsp3) is 0.200. The number of carbonyl (C=O) groups excluding carboxylic acids is 1. The van der Waals surface area contributed by atoms with Crippen LogP contribution in [0.1, 0.15) is 39.6 Å². The van der Waals surface area contributed by atoms with Crippen molar-refractivity contribution in [2.24, 2.45) is 0 Å². The quantitative estimate of drug-likeness (QED) is 0.714. The Morgan fingerprint density at radius 2 is 1.61 bits per heavy atom. The molecule has 23 heavy (non-hydrogen) atoms. The standard InChI is InChI=1S/C20H18N2O/c1-14-20-18(22(21-14)17-10-6-3-7-11-17)12-16(13-19(20)23)15-8-4-2-5-9-15/h2-11,16H,12-13H2,1H3/t16-/m1/s1. The first-order valence-corrected chi connectivity index (χ1v) is 7.96. The van der Waals surface area contributed by atoms with Crippen molar-refractivity contribution in [2.45, 2.75) is 25.7 Å². The van der Waals surface area contributed by atoms with Crippen molar-refractivity contribution in [1.29, 1.82) is 0 Å². The molecule has 4 rings (SSSR count). The highest BCUT2D eigenvalue weighted by Crippen LogP contribution is 2.35. The van der Waals surface area contributed by atoms with Gasteiger partial charge in [0.15, 0.2) is 5.78 Å². The van der Waals surface area contributed by atoms with E-state index in [1.165, 1.54) is 5.56 Å². The second-order valence-corrected chi connectivity index (χ2v) is 6.09. The number of fused-ring (bicyclic) bond motifs is 1. The first kappa shape index (κ1) is 13.9. The summed E-state index contributed by atoms with van der Waals surface area (Å²) in [7, 11) is 0. The van der Waals surface area contributed by atoms with Crippen molar-refractivity contribution >= 4 is 5.78 Å². The van der Waals surface area contributed by atoms with Gasteiger partial charge in [0.2, 0.25) is 0 Å². The highest BCUT2D eigenvalue weighted by molar-refractivity contribution is 6.00. The lowest BCUT2D eigenvalue weighted by atomic mass is 9.81. The average molecular weight is 302 g/mol. The number of rotatable bonds is 2. The van der Waals surface area contributed by atoms with E-state index < -0.39 is 0 Å². The van der Waals surface area contributed by atoms with E-state index in [9.17, 15) is 4.79 Å². The Morgan fingerprint density at radius 1 is 0.957 bits per heavy atom. The molecule has 0 radical (unpaired) electrons. The van der Waals surface area contributed by atoms with E-state index in [4.69, 9.17) is 0 Å². The molecule has 0 N–H and O–H groups in total. The maximum atomic E-state index is 12.7. The van der Waals surface area contributed by atoms with Gasteiger partial charge >= 0.3 is 0 Å². The molecule has 1 aliphatic rings. The van der Waals surface area contributed by atoms with Crippen molar-refractivity contribution in [3.8, 4) is 5.69 Å². The van der Waals surface area contributed by atoms with Crippen LogP contribution in [0.2, 0.25) is 0 Å². The van der Waals surface area contributed by atoms with Crippen LogP contribution in [0.4, 0.5) is 0 Å². The summed E-state index contributed by atoms with van der Waals surface area (Å²) < 4.78 is 1.94. The summed E-state index contributed by atoms with van der Waals surface area (Å²) in [5.74, 6) is 0.439. The predicted molar refractivity (Wildman–Crippen MR) is 90.1 cm³/mol. The largest absolute Gasteiger partial charge is 0.294 e. The Bertz CT molecular complexity index is 850. The molecule has 0 unspecified atom stereocenters. The van der Waals surface area contributed by atoms with Crippen LogP contribution in [0.15, 0.2) is 60.7 Å². The van der Waals surface area contributed by atoms with Crippen LogP contribution in [0.25, 0.3) is 5.69 Å². The van der Waals surface area contributed by atoms with Gasteiger partial charge in [-0.3, -0.25) is 4.79 Å². The van der Waals surface area contributed by atoms with Crippen molar-refractivity contribution in [1.82, 2.24) is 9.78 Å². The minimum absolute atomic E-state index is 0.208. The number of carbonyl (C=O) groups is 1. The maximum absolute atomic E-state index is 12.7. The lowest BCUT2D eigenvalue weighted by molar-refractivity contribution is 0.0963. The lowest BCUT2D eigenvalue weighted by Gasteiger charge is -2.23. The van der Waals surface area contributed by atoms with E-state index in [1.807, 2.05) is 60.1 Å². The maximum Gasteiger partial charge on any atom is 0.167 e. The average Bonchev–Trinajstić information content (AvgIpc) is 2.94. The third kappa shape index (κ3) is 2.38. The predicted octanol–water partition coefficient (Wildman–Crippen LogP) is 4.09. The summed E-state index contributed by atoms with van der Waals surface area (Å²) in [5, 5.41) is 4.64. The van der Waals surface area contributed by atoms with Crippen LogP contribution in [0, 0.1) is 6.92 Å². The zero-order chi connectivity index (χ0) is 15.8. The Kier molecular flexibility index (Phi) is 3.34. The molecule has 3 aromatic rings. The highest BCUT2D eigenvalue weighted by atomic mass is 16.1. The first-order chi connectivity index (χ1) is 11.2. The molecular weight excluding hydrogens is 284 g/mol. The molecule has 1 heterocycles. The Hall–Kier alpha value is -2.68. The molecule has 1 aromatic heterocycles. The molecule has 1 atom stereocenters. The van der Waals surface area contributed by atoms with Crippen LogP contribution < -0.4 is 0 Å². The van der Waals surface area contributed by atoms with Gasteiger partial charge in [-0.1, -0.05) is 48.5 Å². The molecule has 3 heteroatoms. The number of Topliss-reactive ketones (excluding diaryl/α,β-unsaturated/α-hetero) is 1. The van der Waals surface area contributed by atoms with Crippen LogP contribution in [0.5, 0.6) is 0 Å². The van der Waals surface area contributed by atoms with E-state index in [1.54, 1.807) is 0 Å². The van der Waals surface area contributed by atoms with E-state index in [0.29, 0.717) is 6.42 Å². The fourth-order valence-corrected chi connectivity index (χ4v) is 3.50. The minimum atomic E-state index is 0.208. The van der Waals surface area contributed by atoms with E-state index >= 15 is 0 Å². The van der Waals surface area contributed by atoms with Gasteiger partial charge in [-0.2, -0.15) is 5.10 Å². The fourth-order valence-electron chi connectivity index (χ4n) is 3.50. The molecule has 0 amide bonds. The monoisotopic (exact) mass is 302 g/mol. The number of benzene rings is 2. The Balaban J connectivity index is 1.81. The molecule has 1 aliphatic carbocycles. The molecule has 0 spiro atoms. The summed E-state index contributed by atoms with van der Waals surface area (Å²) in [6.45, 7) is 1.93. The van der Waals surface area contributed by atoms with Crippen LogP contribution in [0.3, 0.4) is 0 Å². The molecule has 0 bridgehead atoms. The zero-order valence-corrected chi connectivity index (χ0v) is 13.1. The third-order valence-corrected chi connectivity index (χ3v) is 4.58. The summed E-state index contributed by atoms with van der Waals surface area (Å²) in [4.78, 5) is 12.7. The van der Waals surface area contributed by atoms with Crippen LogP contribution in [-0.4, -0.2) is 15.6 Å². The van der Waals surface area contributed by atoms with Gasteiger partial charge in [0, 0.05) is 6.42 Å². The number of aromatic nitrogens is 2. The topological polar surface area (TPSA) is 34.9 Å². The second-order valence-electron chi connectivity index (χ2n) is 6.09. The number of para-hydroxylation sites is 1. The Labute approximate surface area is 135 Å². The van der Waals surface area contributed by atoms with E-state index in [0.717, 1.165) is 29.1 Å². The van der Waals surface area contributed by atoms with Gasteiger partial charge in [0.05, 0.1) is 22.6 Å². The summed E-state index contributed by atoms with van der Waals surface area (Å²) in [6, 6.07) is 20.4. The van der Waals surface area contributed by atoms with Gasteiger partial charge in [-0.15, -0.1) is 0 Å². The summed E-state index contributed by atoms with van der Waals surface area (Å²) in [6.07, 6.45) is 1.42. The van der Waals surface area contributed by atoms with Gasteiger partial charge in [0.1, 0.15) is 0 Å². The minimum Gasteiger partial charge on any atom is -0.294 e. The molecular formula is C20H18N2O. The number of ketones is 1. The Morgan fingerprint density at radius 3 is 2.30 bits per heavy atom. The van der Waals surface area contributed by atoms with Crippen molar-refractivity contribution in [3.63, 3.8) is 0 Å². The smallest absolute Gasteiger partial charge is 0.167 e. The van der Waals surface area contributed by atoms with E-state index in [2.05, 4.69) is 17.2 Å². The zero-order valence-electron chi connectivity index (χ0n) is 13.1. The number of nitrogens with zero attached hydrogens (tertiary/aromatic N) is 2. The second kappa shape index (κ2) is 5.51. The van der Waals surface area contributed by atoms with Crippen LogP contribution in [-0.2, 0) is 6.42 Å². The van der Waals surface area contributed by atoms with Crippen molar-refractivity contribution in [3.05, 3.63) is 83.2 Å². The first-order valence-electron chi connectivity index (χ1n) is 7.96. The summed E-state index contributed by atoms with van der Waals surface area (Å²) >= 11 is 0. The summed E-state index contributed by atoms with van der Waals surface area (Å²) in [5.41, 5.74) is 4.93. The molecule has 0 saturated carbocycles. The van der Waals surface area contributed by atoms with Crippen molar-refractivity contribution in [2.75, 3.05) is 0 Å². The highest BCUT2D eigenvalue weighted by Gasteiger charge is 2.31. The van der Waals surface area contributed by atoms with Gasteiger partial charge in [-0.05, 0) is 37.0 Å². The molecule has 0 aliphatic heterocycles. The SMILES string of the molecule is Cc1nn(-c2ccccc2)c2c1C(=O)C[C@H](c1ccccc1)C2. The van der Waals surface area contributed by atoms with Crippen LogP contribution >= 0.6 is 0 Å². The molecule has 3 nitrogen and oxygen atoms in total. The third-order valence-electron chi connectivity index (χ3n) is 4.58. The van der Waals surface area contributed by atoms with Crippen molar-refractivity contribution < 1.29 is 4.79 Å². The molecule has 2 aromatic carbocycles. The molecule has 114 valence electrons. The molecule has 0 saturated heterocycles. The number of hydrogen-bond acceptors (Lipinski definition) is 2. The number of aryl methyl sites for hydroxylation is 1. The van der Waals surface area contributed by atoms with Gasteiger partial charge in [-0.25, -0.2) is 4.68 Å². The normalized spacial score (nSPS) is 17.1. The van der Waals surface area contributed by atoms with Gasteiger partial charge < -0.3 is 0 Å². The lowest BCUT2D eigenvalue weighted by Crippen LogP contribution is -2.20. The number of hydrogen-bond donors (Lipinski definition) is 0. The van der Waals surface area contributed by atoms with Gasteiger partial charge in [0.25, 0.3) is 0 Å². The molecule has 0 fully saturated rings.